The van der Waals surface area contributed by atoms with Crippen LogP contribution in [0.15, 0.2) is 12.4 Å². The zero-order valence-electron chi connectivity index (χ0n) is 16.1. The van der Waals surface area contributed by atoms with Gasteiger partial charge in [0, 0.05) is 64.8 Å². The van der Waals surface area contributed by atoms with Gasteiger partial charge in [-0.15, -0.1) is 0 Å². The van der Waals surface area contributed by atoms with E-state index in [-0.39, 0.29) is 12.0 Å². The summed E-state index contributed by atoms with van der Waals surface area (Å²) >= 11 is 0. The van der Waals surface area contributed by atoms with Gasteiger partial charge in [0.1, 0.15) is 0 Å². The molecule has 0 unspecified atom stereocenters. The molecule has 3 heterocycles. The van der Waals surface area contributed by atoms with E-state index in [9.17, 15) is 9.59 Å². The highest BCUT2D eigenvalue weighted by molar-refractivity contribution is 5.93. The lowest BCUT2D eigenvalue weighted by atomic mass is 10.2. The van der Waals surface area contributed by atoms with Crippen LogP contribution in [0.1, 0.15) is 24.2 Å². The summed E-state index contributed by atoms with van der Waals surface area (Å²) in [4.78, 5) is 41.1. The van der Waals surface area contributed by atoms with E-state index in [1.807, 2.05) is 0 Å². The average molecular weight is 376 g/mol. The van der Waals surface area contributed by atoms with Crippen LogP contribution in [0.4, 0.5) is 10.7 Å². The quantitative estimate of drug-likeness (QED) is 0.758. The number of hydrogen-bond donors (Lipinski definition) is 0. The fourth-order valence-corrected chi connectivity index (χ4v) is 3.35. The minimum atomic E-state index is -0.319. The molecule has 9 nitrogen and oxygen atoms in total. The minimum Gasteiger partial charge on any atom is -0.450 e. The summed E-state index contributed by atoms with van der Waals surface area (Å²) < 4.78 is 5.00. The highest BCUT2D eigenvalue weighted by Gasteiger charge is 2.26. The van der Waals surface area contributed by atoms with Gasteiger partial charge >= 0.3 is 6.09 Å². The van der Waals surface area contributed by atoms with Crippen LogP contribution in [-0.2, 0) is 4.74 Å². The van der Waals surface area contributed by atoms with Gasteiger partial charge in [0.05, 0.1) is 12.2 Å². The second kappa shape index (κ2) is 8.98. The van der Waals surface area contributed by atoms with Crippen molar-refractivity contribution in [1.29, 1.82) is 0 Å². The SMILES string of the molecule is CCOC(=O)N1CCN(C(=O)c2cnc(N3CCN(CC)CC3)nc2)CC1. The minimum absolute atomic E-state index is 0.0964. The molecule has 0 aromatic carbocycles. The second-order valence-corrected chi connectivity index (χ2v) is 6.67. The summed E-state index contributed by atoms with van der Waals surface area (Å²) in [5, 5.41) is 0. The Hall–Kier alpha value is -2.42. The lowest BCUT2D eigenvalue weighted by molar-refractivity contribution is 0.0570. The molecular weight excluding hydrogens is 348 g/mol. The summed E-state index contributed by atoms with van der Waals surface area (Å²) in [7, 11) is 0. The van der Waals surface area contributed by atoms with Gasteiger partial charge in [-0.3, -0.25) is 4.79 Å². The predicted octanol–water partition coefficient (Wildman–Crippen LogP) is 0.533. The Labute approximate surface area is 159 Å². The van der Waals surface area contributed by atoms with E-state index in [0.717, 1.165) is 32.7 Å². The van der Waals surface area contributed by atoms with Crippen molar-refractivity contribution in [3.63, 3.8) is 0 Å². The van der Waals surface area contributed by atoms with Crippen molar-refractivity contribution in [2.75, 3.05) is 70.4 Å². The number of anilines is 1. The maximum Gasteiger partial charge on any atom is 0.409 e. The number of piperazine rings is 2. The molecule has 2 fully saturated rings. The molecule has 0 atom stereocenters. The maximum absolute atomic E-state index is 12.7. The Bertz CT molecular complexity index is 637. The topological polar surface area (TPSA) is 82.1 Å². The molecule has 2 saturated heterocycles. The number of carbonyl (C=O) groups excluding carboxylic acids is 2. The summed E-state index contributed by atoms with van der Waals surface area (Å²) in [6.07, 6.45) is 2.89. The van der Waals surface area contributed by atoms with Gasteiger partial charge in [0.15, 0.2) is 0 Å². The number of likely N-dealkylation sites (N-methyl/N-ethyl adjacent to an activating group) is 1. The number of amides is 2. The molecule has 0 aliphatic carbocycles. The molecule has 27 heavy (non-hydrogen) atoms. The molecule has 2 amide bonds. The average Bonchev–Trinajstić information content (AvgIpc) is 2.74. The number of rotatable bonds is 4. The smallest absolute Gasteiger partial charge is 0.409 e. The van der Waals surface area contributed by atoms with Crippen LogP contribution in [0, 0.1) is 0 Å². The van der Waals surface area contributed by atoms with Gasteiger partial charge in [0.25, 0.3) is 5.91 Å². The van der Waals surface area contributed by atoms with Crippen molar-refractivity contribution in [3.8, 4) is 0 Å². The van der Waals surface area contributed by atoms with Crippen LogP contribution in [-0.4, -0.2) is 102 Å². The Morgan fingerprint density at radius 2 is 1.52 bits per heavy atom. The molecule has 0 saturated carbocycles. The molecule has 3 rings (SSSR count). The molecule has 148 valence electrons. The van der Waals surface area contributed by atoms with Gasteiger partial charge < -0.3 is 24.3 Å². The predicted molar refractivity (Wildman–Crippen MR) is 101 cm³/mol. The summed E-state index contributed by atoms with van der Waals surface area (Å²) in [6, 6.07) is 0. The first-order valence-electron chi connectivity index (χ1n) is 9.62. The van der Waals surface area contributed by atoms with E-state index in [0.29, 0.717) is 44.3 Å². The van der Waals surface area contributed by atoms with Crippen molar-refractivity contribution in [2.45, 2.75) is 13.8 Å². The van der Waals surface area contributed by atoms with Crippen molar-refractivity contribution in [1.82, 2.24) is 24.7 Å². The number of hydrogen-bond acceptors (Lipinski definition) is 7. The van der Waals surface area contributed by atoms with E-state index >= 15 is 0 Å². The summed E-state index contributed by atoms with van der Waals surface area (Å²) in [6.45, 7) is 11.1. The standard InChI is InChI=1S/C18H28N6O3/c1-3-21-5-7-23(8-6-21)17-19-13-15(14-20-17)16(25)22-9-11-24(12-10-22)18(26)27-4-2/h13-14H,3-12H2,1-2H3. The van der Waals surface area contributed by atoms with Crippen molar-refractivity contribution in [3.05, 3.63) is 18.0 Å². The summed E-state index contributed by atoms with van der Waals surface area (Å²) in [5.41, 5.74) is 0.482. The molecule has 0 radical (unpaired) electrons. The molecule has 0 spiro atoms. The van der Waals surface area contributed by atoms with Crippen LogP contribution < -0.4 is 4.90 Å². The lowest BCUT2D eigenvalue weighted by Crippen LogP contribution is -2.50. The first kappa shape index (κ1) is 19.3. The van der Waals surface area contributed by atoms with E-state index in [1.165, 1.54) is 0 Å². The Kier molecular flexibility index (Phi) is 6.44. The molecule has 0 bridgehead atoms. The third kappa shape index (κ3) is 4.65. The van der Waals surface area contributed by atoms with E-state index in [2.05, 4.69) is 26.7 Å². The van der Waals surface area contributed by atoms with E-state index in [4.69, 9.17) is 4.74 Å². The molecule has 2 aliphatic heterocycles. The van der Waals surface area contributed by atoms with Gasteiger partial charge in [-0.1, -0.05) is 6.92 Å². The number of ether oxygens (including phenoxy) is 1. The van der Waals surface area contributed by atoms with Crippen LogP contribution in [0.5, 0.6) is 0 Å². The number of carbonyl (C=O) groups is 2. The lowest BCUT2D eigenvalue weighted by Gasteiger charge is -2.34. The third-order valence-electron chi connectivity index (χ3n) is 5.08. The number of nitrogens with zero attached hydrogens (tertiary/aromatic N) is 6. The molecule has 2 aliphatic rings. The first-order valence-corrected chi connectivity index (χ1v) is 9.62. The normalized spacial score (nSPS) is 18.5. The van der Waals surface area contributed by atoms with Crippen molar-refractivity contribution in [2.24, 2.45) is 0 Å². The maximum atomic E-state index is 12.7. The highest BCUT2D eigenvalue weighted by Crippen LogP contribution is 2.13. The zero-order chi connectivity index (χ0) is 19.2. The molecular formula is C18H28N6O3. The Morgan fingerprint density at radius 1 is 0.926 bits per heavy atom. The molecule has 1 aromatic rings. The van der Waals surface area contributed by atoms with Gasteiger partial charge in [-0.25, -0.2) is 14.8 Å². The van der Waals surface area contributed by atoms with E-state index < -0.39 is 0 Å². The summed E-state index contributed by atoms with van der Waals surface area (Å²) in [5.74, 6) is 0.579. The van der Waals surface area contributed by atoms with Crippen LogP contribution in [0.2, 0.25) is 0 Å². The fraction of sp³-hybridized carbons (Fsp3) is 0.667. The molecule has 9 heteroatoms. The second-order valence-electron chi connectivity index (χ2n) is 6.67. The van der Waals surface area contributed by atoms with Gasteiger partial charge in [-0.05, 0) is 13.5 Å². The first-order chi connectivity index (χ1) is 13.1. The van der Waals surface area contributed by atoms with Crippen LogP contribution >= 0.6 is 0 Å². The van der Waals surface area contributed by atoms with Gasteiger partial charge in [-0.2, -0.15) is 0 Å². The largest absolute Gasteiger partial charge is 0.450 e. The molecule has 0 N–H and O–H groups in total. The van der Waals surface area contributed by atoms with Crippen molar-refractivity contribution < 1.29 is 14.3 Å². The van der Waals surface area contributed by atoms with Crippen LogP contribution in [0.3, 0.4) is 0 Å². The highest BCUT2D eigenvalue weighted by atomic mass is 16.6. The van der Waals surface area contributed by atoms with Crippen LogP contribution in [0.25, 0.3) is 0 Å². The Balaban J connectivity index is 1.53. The van der Waals surface area contributed by atoms with Gasteiger partial charge in [0.2, 0.25) is 5.95 Å². The zero-order valence-corrected chi connectivity index (χ0v) is 16.1. The van der Waals surface area contributed by atoms with E-state index in [1.54, 1.807) is 29.1 Å². The monoisotopic (exact) mass is 376 g/mol. The van der Waals surface area contributed by atoms with Crippen molar-refractivity contribution >= 4 is 17.9 Å². The Morgan fingerprint density at radius 3 is 2.07 bits per heavy atom. The number of aromatic nitrogens is 2. The third-order valence-corrected chi connectivity index (χ3v) is 5.08. The molecule has 1 aromatic heterocycles. The fourth-order valence-electron chi connectivity index (χ4n) is 3.35.